The van der Waals surface area contributed by atoms with E-state index in [2.05, 4.69) is 6.07 Å². The molecule has 0 radical (unpaired) electrons. The molecule has 0 saturated carbocycles. The van der Waals surface area contributed by atoms with Crippen molar-refractivity contribution < 1.29 is 52.4 Å². The van der Waals surface area contributed by atoms with E-state index in [-0.39, 0.29) is 50.1 Å². The molecule has 0 bridgehead atoms. The van der Waals surface area contributed by atoms with Crippen LogP contribution in [0.5, 0.6) is 5.75 Å². The quantitative estimate of drug-likeness (QED) is 0.0816. The molecule has 0 amide bonds. The van der Waals surface area contributed by atoms with Gasteiger partial charge in [0.2, 0.25) is 0 Å². The second-order valence-electron chi connectivity index (χ2n) is 12.6. The topological polar surface area (TPSA) is 165 Å². The number of nitriles is 1. The van der Waals surface area contributed by atoms with Gasteiger partial charge in [-0.2, -0.15) is 5.26 Å². The molecule has 52 heavy (non-hydrogen) atoms. The Kier molecular flexibility index (Phi) is 15.8. The van der Waals surface area contributed by atoms with Crippen molar-refractivity contribution in [2.75, 3.05) is 26.4 Å². The molecule has 12 nitrogen and oxygen atoms in total. The number of hydrogen-bond donors (Lipinski definition) is 0. The van der Waals surface area contributed by atoms with E-state index in [1.54, 1.807) is 77.9 Å². The van der Waals surface area contributed by atoms with E-state index in [9.17, 15) is 24.0 Å². The van der Waals surface area contributed by atoms with Crippen LogP contribution in [0.1, 0.15) is 74.2 Å². The molecule has 0 spiro atoms. The molecule has 3 unspecified atom stereocenters. The van der Waals surface area contributed by atoms with Gasteiger partial charge in [0.15, 0.2) is 0 Å². The lowest BCUT2D eigenvalue weighted by atomic mass is 9.85. The number of rotatable bonds is 18. The number of nitrogens with zero attached hydrogens (tertiary/aromatic N) is 1. The van der Waals surface area contributed by atoms with Crippen molar-refractivity contribution in [2.24, 2.45) is 17.8 Å². The van der Waals surface area contributed by atoms with Gasteiger partial charge < -0.3 is 28.4 Å². The van der Waals surface area contributed by atoms with Crippen LogP contribution in [0.3, 0.4) is 0 Å². The minimum absolute atomic E-state index is 0.00525. The fourth-order valence-electron chi connectivity index (χ4n) is 4.99. The largest absolute Gasteiger partial charge is 0.490 e. The van der Waals surface area contributed by atoms with E-state index in [1.807, 2.05) is 24.3 Å². The van der Waals surface area contributed by atoms with Crippen LogP contribution in [-0.4, -0.2) is 68.5 Å². The predicted molar refractivity (Wildman–Crippen MR) is 189 cm³/mol. The molecule has 0 fully saturated rings. The van der Waals surface area contributed by atoms with Gasteiger partial charge in [-0.15, -0.1) is 0 Å². The molecule has 12 heteroatoms. The Morgan fingerprint density at radius 2 is 1.08 bits per heavy atom. The molecule has 3 aromatic rings. The fraction of sp³-hybridized carbons (Fsp3) is 0.400. The zero-order chi connectivity index (χ0) is 38.2. The third-order valence-electron chi connectivity index (χ3n) is 7.71. The van der Waals surface area contributed by atoms with Gasteiger partial charge in [-0.05, 0) is 81.6 Å². The van der Waals surface area contributed by atoms with Crippen molar-refractivity contribution in [3.63, 3.8) is 0 Å². The van der Waals surface area contributed by atoms with Crippen LogP contribution in [-0.2, 0) is 38.1 Å². The van der Waals surface area contributed by atoms with Crippen LogP contribution < -0.4 is 4.74 Å². The van der Waals surface area contributed by atoms with Gasteiger partial charge in [-0.25, -0.2) is 9.59 Å². The summed E-state index contributed by atoms with van der Waals surface area (Å²) in [5, 5.41) is 8.97. The Hall–Kier alpha value is -5.70. The molecule has 0 aliphatic heterocycles. The first-order chi connectivity index (χ1) is 24.8. The molecule has 276 valence electrons. The molecule has 3 rings (SSSR count). The summed E-state index contributed by atoms with van der Waals surface area (Å²) in [6.45, 7) is 9.29. The molecule has 3 aromatic carbocycles. The maximum absolute atomic E-state index is 12.8. The Morgan fingerprint density at radius 3 is 1.60 bits per heavy atom. The SMILES string of the molecule is CC(C)OC(=O)C(C)C(CC(C)C(=O)OCCOC(=O)c1ccccc1C(=O)OCCOc1ccc(-c2ccc(C#N)cc2)cc1)C(=O)OC(C)C. The number of esters is 5. The first kappa shape index (κ1) is 40.7. The minimum Gasteiger partial charge on any atom is -0.490 e. The number of carbonyl (C=O) groups is 5. The second-order valence-corrected chi connectivity index (χ2v) is 12.6. The third kappa shape index (κ3) is 12.6. The van der Waals surface area contributed by atoms with Gasteiger partial charge in [0.1, 0.15) is 32.2 Å². The molecule has 3 atom stereocenters. The first-order valence-corrected chi connectivity index (χ1v) is 17.0. The zero-order valence-corrected chi connectivity index (χ0v) is 30.3. The van der Waals surface area contributed by atoms with E-state index in [4.69, 9.17) is 33.7 Å². The highest BCUT2D eigenvalue weighted by molar-refractivity contribution is 6.03. The molecule has 0 N–H and O–H groups in total. The number of ether oxygens (including phenoxy) is 6. The molecular formula is C40H45NO11. The Labute approximate surface area is 303 Å². The number of hydrogen-bond acceptors (Lipinski definition) is 12. The van der Waals surface area contributed by atoms with E-state index in [1.165, 1.54) is 12.1 Å². The van der Waals surface area contributed by atoms with Crippen molar-refractivity contribution in [1.82, 2.24) is 0 Å². The van der Waals surface area contributed by atoms with Gasteiger partial charge in [-0.3, -0.25) is 14.4 Å². The van der Waals surface area contributed by atoms with E-state index < -0.39 is 53.7 Å². The average molecular weight is 716 g/mol. The number of carbonyl (C=O) groups excluding carboxylic acids is 5. The van der Waals surface area contributed by atoms with E-state index in [0.29, 0.717) is 11.3 Å². The lowest BCUT2D eigenvalue weighted by molar-refractivity contribution is -0.166. The summed E-state index contributed by atoms with van der Waals surface area (Å²) >= 11 is 0. The summed E-state index contributed by atoms with van der Waals surface area (Å²) in [6, 6.07) is 22.6. The highest BCUT2D eigenvalue weighted by Crippen LogP contribution is 2.26. The Morgan fingerprint density at radius 1 is 0.596 bits per heavy atom. The summed E-state index contributed by atoms with van der Waals surface area (Å²) in [5.74, 6) is -5.43. The molecule has 0 aromatic heterocycles. The minimum atomic E-state index is -0.940. The molecule has 0 heterocycles. The van der Waals surface area contributed by atoms with Crippen LogP contribution >= 0.6 is 0 Å². The lowest BCUT2D eigenvalue weighted by Gasteiger charge is -2.25. The zero-order valence-electron chi connectivity index (χ0n) is 30.3. The average Bonchev–Trinajstić information content (AvgIpc) is 3.13. The van der Waals surface area contributed by atoms with Gasteiger partial charge in [0, 0.05) is 0 Å². The predicted octanol–water partition coefficient (Wildman–Crippen LogP) is 6.34. The summed E-state index contributed by atoms with van der Waals surface area (Å²) in [5.41, 5.74) is 2.45. The fourth-order valence-corrected chi connectivity index (χ4v) is 4.99. The monoisotopic (exact) mass is 715 g/mol. The highest BCUT2D eigenvalue weighted by atomic mass is 16.6. The summed E-state index contributed by atoms with van der Waals surface area (Å²) in [7, 11) is 0. The van der Waals surface area contributed by atoms with Crippen LogP contribution in [0, 0.1) is 29.1 Å². The van der Waals surface area contributed by atoms with Crippen LogP contribution in [0.4, 0.5) is 0 Å². The van der Waals surface area contributed by atoms with Gasteiger partial charge in [0.25, 0.3) is 0 Å². The van der Waals surface area contributed by atoms with Crippen molar-refractivity contribution in [1.29, 1.82) is 5.26 Å². The normalized spacial score (nSPS) is 12.5. The standard InChI is InChI=1S/C40H45NO11/c1-25(2)51-37(43)28(6)35(40(46)52-26(3)4)23-27(5)36(42)48-21-22-50-39(45)34-10-8-7-9-33(34)38(44)49-20-19-47-32-17-15-31(16-18-32)30-13-11-29(24-41)12-14-30/h7-18,25-28,35H,19-23H2,1-6H3. The second kappa shape index (κ2) is 20.2. The van der Waals surface area contributed by atoms with Crippen molar-refractivity contribution >= 4 is 29.8 Å². The van der Waals surface area contributed by atoms with Crippen molar-refractivity contribution in [2.45, 2.75) is 60.2 Å². The Balaban J connectivity index is 1.46. The summed E-state index contributed by atoms with van der Waals surface area (Å²) in [4.78, 5) is 63.8. The van der Waals surface area contributed by atoms with Crippen LogP contribution in [0.25, 0.3) is 11.1 Å². The van der Waals surface area contributed by atoms with E-state index >= 15 is 0 Å². The Bertz CT molecular complexity index is 1710. The maximum Gasteiger partial charge on any atom is 0.339 e. The molecular weight excluding hydrogens is 670 g/mol. The first-order valence-electron chi connectivity index (χ1n) is 17.0. The maximum atomic E-state index is 12.8. The molecule has 0 aliphatic carbocycles. The van der Waals surface area contributed by atoms with Gasteiger partial charge in [0.05, 0.1) is 52.7 Å². The van der Waals surface area contributed by atoms with Crippen LogP contribution in [0.2, 0.25) is 0 Å². The van der Waals surface area contributed by atoms with Gasteiger partial charge in [-0.1, -0.05) is 50.2 Å². The lowest BCUT2D eigenvalue weighted by Crippen LogP contribution is -2.35. The van der Waals surface area contributed by atoms with Crippen molar-refractivity contribution in [3.05, 3.63) is 89.5 Å². The molecule has 0 saturated heterocycles. The van der Waals surface area contributed by atoms with Gasteiger partial charge >= 0.3 is 29.8 Å². The number of benzene rings is 3. The van der Waals surface area contributed by atoms with E-state index in [0.717, 1.165) is 11.1 Å². The third-order valence-corrected chi connectivity index (χ3v) is 7.71. The summed E-state index contributed by atoms with van der Waals surface area (Å²) < 4.78 is 32.1. The highest BCUT2D eigenvalue weighted by Gasteiger charge is 2.36. The van der Waals surface area contributed by atoms with Crippen molar-refractivity contribution in [3.8, 4) is 22.9 Å². The summed E-state index contributed by atoms with van der Waals surface area (Å²) in [6.07, 6.45) is -0.818. The van der Waals surface area contributed by atoms with Crippen LogP contribution in [0.15, 0.2) is 72.8 Å². The smallest absolute Gasteiger partial charge is 0.339 e. The molecule has 0 aliphatic rings.